The third-order valence-corrected chi connectivity index (χ3v) is 4.88. The summed E-state index contributed by atoms with van der Waals surface area (Å²) in [5.74, 6) is 0.596. The van der Waals surface area contributed by atoms with E-state index in [0.29, 0.717) is 11.8 Å². The fraction of sp³-hybridized carbons (Fsp3) is 0.538. The van der Waals surface area contributed by atoms with Crippen LogP contribution in [-0.2, 0) is 0 Å². The maximum absolute atomic E-state index is 4.36. The monoisotopic (exact) mass is 316 g/mol. The van der Waals surface area contributed by atoms with Crippen LogP contribution >= 0.6 is 11.8 Å². The van der Waals surface area contributed by atoms with Crippen LogP contribution in [0.4, 0.5) is 0 Å². The lowest BCUT2D eigenvalue weighted by Crippen LogP contribution is -2.15. The Morgan fingerprint density at radius 1 is 1.23 bits per heavy atom. The Kier molecular flexibility index (Phi) is 3.49. The summed E-state index contributed by atoms with van der Waals surface area (Å²) in [4.78, 5) is 8.51. The second kappa shape index (κ2) is 5.64. The quantitative estimate of drug-likeness (QED) is 0.684. The van der Waals surface area contributed by atoms with Crippen molar-refractivity contribution in [3.63, 3.8) is 0 Å². The molecule has 0 unspecified atom stereocenters. The van der Waals surface area contributed by atoms with Crippen LogP contribution in [0.25, 0.3) is 5.78 Å². The molecule has 0 radical (unpaired) electrons. The predicted octanol–water partition coefficient (Wildman–Crippen LogP) is 2.08. The van der Waals surface area contributed by atoms with Crippen LogP contribution in [0, 0.1) is 6.92 Å². The molecule has 0 aliphatic heterocycles. The number of fused-ring (bicyclic) bond motifs is 1. The molecule has 9 heteroatoms. The lowest BCUT2D eigenvalue weighted by Gasteiger charge is -2.21. The van der Waals surface area contributed by atoms with Crippen molar-refractivity contribution in [1.82, 2.24) is 39.8 Å². The molecule has 0 bridgehead atoms. The number of hydrogen-bond donors (Lipinski definition) is 0. The molecule has 1 aliphatic carbocycles. The number of nitrogens with zero attached hydrogens (tertiary/aromatic N) is 8. The van der Waals surface area contributed by atoms with Gasteiger partial charge in [0.25, 0.3) is 5.78 Å². The number of rotatable bonds is 3. The van der Waals surface area contributed by atoms with E-state index in [0.717, 1.165) is 28.7 Å². The summed E-state index contributed by atoms with van der Waals surface area (Å²) >= 11 is 1.51. The SMILES string of the molecule is Cc1cc(Sc2nnnn2C2CCCCC2)n2ncnc2n1. The second-order valence-corrected chi connectivity index (χ2v) is 6.50. The topological polar surface area (TPSA) is 86.7 Å². The van der Waals surface area contributed by atoms with E-state index in [-0.39, 0.29) is 0 Å². The van der Waals surface area contributed by atoms with Crippen LogP contribution in [0.5, 0.6) is 0 Å². The minimum atomic E-state index is 0.403. The molecule has 114 valence electrons. The number of tetrazole rings is 1. The summed E-state index contributed by atoms with van der Waals surface area (Å²) in [6.45, 7) is 1.95. The van der Waals surface area contributed by atoms with Gasteiger partial charge in [-0.3, -0.25) is 0 Å². The van der Waals surface area contributed by atoms with Gasteiger partial charge in [-0.2, -0.15) is 14.6 Å². The van der Waals surface area contributed by atoms with E-state index in [1.807, 2.05) is 17.7 Å². The van der Waals surface area contributed by atoms with Gasteiger partial charge in [0, 0.05) is 5.69 Å². The van der Waals surface area contributed by atoms with Gasteiger partial charge in [0.15, 0.2) is 0 Å². The Balaban J connectivity index is 1.68. The maximum Gasteiger partial charge on any atom is 0.253 e. The first-order valence-electron chi connectivity index (χ1n) is 7.44. The van der Waals surface area contributed by atoms with Gasteiger partial charge >= 0.3 is 0 Å². The van der Waals surface area contributed by atoms with Gasteiger partial charge in [0.1, 0.15) is 11.4 Å². The highest BCUT2D eigenvalue weighted by Crippen LogP contribution is 2.32. The van der Waals surface area contributed by atoms with E-state index in [4.69, 9.17) is 0 Å². The lowest BCUT2D eigenvalue weighted by molar-refractivity contribution is 0.307. The zero-order valence-corrected chi connectivity index (χ0v) is 13.1. The van der Waals surface area contributed by atoms with Crippen LogP contribution in [0.15, 0.2) is 22.6 Å². The highest BCUT2D eigenvalue weighted by atomic mass is 32.2. The van der Waals surface area contributed by atoms with E-state index in [2.05, 4.69) is 30.6 Å². The zero-order chi connectivity index (χ0) is 14.9. The minimum absolute atomic E-state index is 0.403. The van der Waals surface area contributed by atoms with Gasteiger partial charge in [-0.15, -0.1) is 5.10 Å². The third-order valence-electron chi connectivity index (χ3n) is 3.93. The molecular weight excluding hydrogens is 300 g/mol. The fourth-order valence-electron chi connectivity index (χ4n) is 2.87. The number of aromatic nitrogens is 8. The van der Waals surface area contributed by atoms with Gasteiger partial charge in [-0.25, -0.2) is 9.67 Å². The van der Waals surface area contributed by atoms with E-state index in [9.17, 15) is 0 Å². The molecule has 1 aliphatic rings. The van der Waals surface area contributed by atoms with Crippen molar-refractivity contribution in [2.45, 2.75) is 55.3 Å². The van der Waals surface area contributed by atoms with Gasteiger partial charge in [0.05, 0.1) is 6.04 Å². The standard InChI is InChI=1S/C13H16N8S/c1-9-7-11(21-12(16-9)14-8-15-21)22-13-17-18-19-20(13)10-5-3-2-4-6-10/h7-8,10H,2-6H2,1H3. The van der Waals surface area contributed by atoms with E-state index < -0.39 is 0 Å². The number of aryl methyl sites for hydroxylation is 1. The summed E-state index contributed by atoms with van der Waals surface area (Å²) in [6, 6.07) is 2.38. The zero-order valence-electron chi connectivity index (χ0n) is 12.3. The van der Waals surface area contributed by atoms with Crippen molar-refractivity contribution in [3.8, 4) is 0 Å². The van der Waals surface area contributed by atoms with Crippen molar-refractivity contribution >= 4 is 17.5 Å². The maximum atomic E-state index is 4.36. The summed E-state index contributed by atoms with van der Waals surface area (Å²) in [7, 11) is 0. The second-order valence-electron chi connectivity index (χ2n) is 5.51. The molecule has 0 aromatic carbocycles. The Hall–Kier alpha value is -2.03. The fourth-order valence-corrected chi connectivity index (χ4v) is 3.86. The number of hydrogen-bond acceptors (Lipinski definition) is 7. The molecule has 3 aromatic rings. The lowest BCUT2D eigenvalue weighted by atomic mass is 9.96. The van der Waals surface area contributed by atoms with Gasteiger partial charge in [-0.05, 0) is 48.0 Å². The van der Waals surface area contributed by atoms with E-state index in [1.165, 1.54) is 37.4 Å². The van der Waals surface area contributed by atoms with Crippen molar-refractivity contribution in [2.24, 2.45) is 0 Å². The Bertz CT molecular complexity index is 788. The smallest absolute Gasteiger partial charge is 0.217 e. The summed E-state index contributed by atoms with van der Waals surface area (Å²) in [6.07, 6.45) is 7.60. The van der Waals surface area contributed by atoms with Crippen molar-refractivity contribution in [1.29, 1.82) is 0 Å². The molecule has 8 nitrogen and oxygen atoms in total. The Labute approximate surface area is 131 Å². The van der Waals surface area contributed by atoms with Gasteiger partial charge in [0.2, 0.25) is 5.16 Å². The average Bonchev–Trinajstić information content (AvgIpc) is 3.17. The molecule has 1 fully saturated rings. The molecule has 0 N–H and O–H groups in total. The first-order chi connectivity index (χ1) is 10.8. The third kappa shape index (κ3) is 2.45. The highest BCUT2D eigenvalue weighted by Gasteiger charge is 2.21. The van der Waals surface area contributed by atoms with E-state index >= 15 is 0 Å². The first-order valence-corrected chi connectivity index (χ1v) is 8.26. The highest BCUT2D eigenvalue weighted by molar-refractivity contribution is 7.99. The molecule has 1 saturated carbocycles. The van der Waals surface area contributed by atoms with Crippen molar-refractivity contribution in [2.75, 3.05) is 0 Å². The molecule has 3 heterocycles. The largest absolute Gasteiger partial charge is 0.253 e. The summed E-state index contributed by atoms with van der Waals surface area (Å²) < 4.78 is 3.68. The van der Waals surface area contributed by atoms with Crippen LogP contribution in [0.3, 0.4) is 0 Å². The molecule has 0 saturated heterocycles. The molecule has 0 amide bonds. The molecule has 0 atom stereocenters. The molecular formula is C13H16N8S. The Morgan fingerprint density at radius 2 is 2.09 bits per heavy atom. The first kappa shape index (κ1) is 13.6. The molecule has 0 spiro atoms. The van der Waals surface area contributed by atoms with E-state index in [1.54, 1.807) is 4.52 Å². The molecule has 3 aromatic heterocycles. The van der Waals surface area contributed by atoms with Crippen molar-refractivity contribution < 1.29 is 0 Å². The average molecular weight is 316 g/mol. The van der Waals surface area contributed by atoms with Crippen molar-refractivity contribution in [3.05, 3.63) is 18.1 Å². The normalized spacial score (nSPS) is 16.4. The Morgan fingerprint density at radius 3 is 2.95 bits per heavy atom. The van der Waals surface area contributed by atoms with Crippen LogP contribution in [0.2, 0.25) is 0 Å². The molecule has 22 heavy (non-hydrogen) atoms. The minimum Gasteiger partial charge on any atom is -0.217 e. The van der Waals surface area contributed by atoms with Gasteiger partial charge in [-0.1, -0.05) is 19.3 Å². The summed E-state index contributed by atoms with van der Waals surface area (Å²) in [5.41, 5.74) is 0.902. The van der Waals surface area contributed by atoms with Gasteiger partial charge < -0.3 is 0 Å². The molecule has 4 rings (SSSR count). The summed E-state index contributed by atoms with van der Waals surface area (Å²) in [5, 5.41) is 18.2. The van der Waals surface area contributed by atoms with Crippen LogP contribution < -0.4 is 0 Å². The predicted molar refractivity (Wildman–Crippen MR) is 79.6 cm³/mol. The van der Waals surface area contributed by atoms with Crippen LogP contribution in [0.1, 0.15) is 43.8 Å². The van der Waals surface area contributed by atoms with Crippen LogP contribution in [-0.4, -0.2) is 39.8 Å².